The molecule has 1 heterocycles. The number of methoxy groups -OCH3 is 1. The Morgan fingerprint density at radius 3 is 3.04 bits per heavy atom. The number of thioether (sulfide) groups is 1. The highest BCUT2D eigenvalue weighted by molar-refractivity contribution is 7.99. The molecule has 1 aliphatic heterocycles. The summed E-state index contributed by atoms with van der Waals surface area (Å²) in [5, 5.41) is 6.26. The smallest absolute Gasteiger partial charge is 0.343 e. The highest BCUT2D eigenvalue weighted by Crippen LogP contribution is 2.14. The fraction of sp³-hybridized carbons (Fsp3) is 0.500. The van der Waals surface area contributed by atoms with Crippen molar-refractivity contribution in [3.05, 3.63) is 29.8 Å². The van der Waals surface area contributed by atoms with E-state index in [0.29, 0.717) is 18.7 Å². The Morgan fingerprint density at radius 1 is 1.43 bits per heavy atom. The SMILES string of the molecule is COC(=O)COc1cccc(CNC(=O)CC2CSCCN2)c1. The largest absolute Gasteiger partial charge is 0.482 e. The number of carbonyl (C=O) groups excluding carboxylic acids is 2. The van der Waals surface area contributed by atoms with Crippen LogP contribution in [0.1, 0.15) is 12.0 Å². The molecule has 23 heavy (non-hydrogen) atoms. The van der Waals surface area contributed by atoms with E-state index in [1.807, 2.05) is 23.9 Å². The molecule has 0 radical (unpaired) electrons. The molecule has 7 heteroatoms. The predicted molar refractivity (Wildman–Crippen MR) is 89.5 cm³/mol. The number of hydrogen-bond donors (Lipinski definition) is 2. The maximum atomic E-state index is 12.0. The van der Waals surface area contributed by atoms with Crippen molar-refractivity contribution in [2.75, 3.05) is 31.8 Å². The third-order valence-electron chi connectivity index (χ3n) is 3.40. The maximum Gasteiger partial charge on any atom is 0.343 e. The highest BCUT2D eigenvalue weighted by atomic mass is 32.2. The second-order valence-electron chi connectivity index (χ2n) is 5.22. The fourth-order valence-electron chi connectivity index (χ4n) is 2.19. The molecule has 1 aromatic rings. The van der Waals surface area contributed by atoms with Gasteiger partial charge in [-0.2, -0.15) is 11.8 Å². The molecule has 1 atom stereocenters. The topological polar surface area (TPSA) is 76.7 Å². The van der Waals surface area contributed by atoms with Crippen LogP contribution in [-0.4, -0.2) is 49.7 Å². The lowest BCUT2D eigenvalue weighted by Gasteiger charge is -2.22. The number of carbonyl (C=O) groups is 2. The zero-order chi connectivity index (χ0) is 16.5. The molecule has 0 aliphatic carbocycles. The van der Waals surface area contributed by atoms with Crippen LogP contribution in [0, 0.1) is 0 Å². The number of ether oxygens (including phenoxy) is 2. The van der Waals surface area contributed by atoms with Crippen molar-refractivity contribution < 1.29 is 19.1 Å². The molecule has 0 aromatic heterocycles. The third kappa shape index (κ3) is 6.50. The number of benzene rings is 1. The second-order valence-corrected chi connectivity index (χ2v) is 6.37. The molecule has 0 bridgehead atoms. The van der Waals surface area contributed by atoms with Crippen LogP contribution in [0.2, 0.25) is 0 Å². The molecular formula is C16H22N2O4S. The lowest BCUT2D eigenvalue weighted by Crippen LogP contribution is -2.41. The minimum absolute atomic E-state index is 0.0332. The minimum Gasteiger partial charge on any atom is -0.482 e. The molecular weight excluding hydrogens is 316 g/mol. The van der Waals surface area contributed by atoms with Crippen molar-refractivity contribution in [1.82, 2.24) is 10.6 Å². The summed E-state index contributed by atoms with van der Waals surface area (Å²) in [6.45, 7) is 1.27. The van der Waals surface area contributed by atoms with Crippen LogP contribution >= 0.6 is 11.8 Å². The highest BCUT2D eigenvalue weighted by Gasteiger charge is 2.16. The quantitative estimate of drug-likeness (QED) is 0.721. The van der Waals surface area contributed by atoms with Crippen LogP contribution in [-0.2, 0) is 20.9 Å². The molecule has 1 aliphatic rings. The average Bonchev–Trinajstić information content (AvgIpc) is 2.59. The first kappa shape index (κ1) is 17.6. The Labute approximate surface area is 140 Å². The van der Waals surface area contributed by atoms with Gasteiger partial charge in [0.05, 0.1) is 7.11 Å². The van der Waals surface area contributed by atoms with Gasteiger partial charge in [-0.15, -0.1) is 0 Å². The summed E-state index contributed by atoms with van der Waals surface area (Å²) >= 11 is 1.87. The Kier molecular flexibility index (Phi) is 7.22. The summed E-state index contributed by atoms with van der Waals surface area (Å²) in [6, 6.07) is 7.55. The molecule has 1 aromatic carbocycles. The maximum absolute atomic E-state index is 12.0. The van der Waals surface area contributed by atoms with E-state index in [1.165, 1.54) is 7.11 Å². The molecule has 2 N–H and O–H groups in total. The first-order valence-electron chi connectivity index (χ1n) is 7.54. The summed E-state index contributed by atoms with van der Waals surface area (Å²) in [5.74, 6) is 2.26. The first-order chi connectivity index (χ1) is 11.2. The van der Waals surface area contributed by atoms with E-state index in [-0.39, 0.29) is 18.6 Å². The van der Waals surface area contributed by atoms with Crippen molar-refractivity contribution in [1.29, 1.82) is 0 Å². The van der Waals surface area contributed by atoms with Crippen LogP contribution in [0.5, 0.6) is 5.75 Å². The van der Waals surface area contributed by atoms with Gasteiger partial charge in [0.1, 0.15) is 5.75 Å². The number of hydrogen-bond acceptors (Lipinski definition) is 6. The molecule has 0 saturated carbocycles. The lowest BCUT2D eigenvalue weighted by atomic mass is 10.2. The van der Waals surface area contributed by atoms with Crippen molar-refractivity contribution in [2.24, 2.45) is 0 Å². The van der Waals surface area contributed by atoms with E-state index in [4.69, 9.17) is 4.74 Å². The number of amides is 1. The first-order valence-corrected chi connectivity index (χ1v) is 8.69. The van der Waals surface area contributed by atoms with Gasteiger partial charge in [0, 0.05) is 37.1 Å². The van der Waals surface area contributed by atoms with Gasteiger partial charge < -0.3 is 20.1 Å². The van der Waals surface area contributed by atoms with Crippen molar-refractivity contribution >= 4 is 23.6 Å². The van der Waals surface area contributed by atoms with Crippen LogP contribution in [0.3, 0.4) is 0 Å². The molecule has 1 amide bonds. The predicted octanol–water partition coefficient (Wildman–Crippen LogP) is 0.950. The zero-order valence-electron chi connectivity index (χ0n) is 13.2. The van der Waals surface area contributed by atoms with Gasteiger partial charge in [-0.05, 0) is 17.7 Å². The lowest BCUT2D eigenvalue weighted by molar-refractivity contribution is -0.142. The molecule has 6 nitrogen and oxygen atoms in total. The average molecular weight is 338 g/mol. The second kappa shape index (κ2) is 9.42. The summed E-state index contributed by atoms with van der Waals surface area (Å²) in [7, 11) is 1.32. The van der Waals surface area contributed by atoms with Gasteiger partial charge in [-0.1, -0.05) is 12.1 Å². The summed E-state index contributed by atoms with van der Waals surface area (Å²) < 4.78 is 9.85. The van der Waals surface area contributed by atoms with Crippen molar-refractivity contribution in [2.45, 2.75) is 19.0 Å². The minimum atomic E-state index is -0.429. The number of nitrogens with one attached hydrogen (secondary N) is 2. The van der Waals surface area contributed by atoms with Crippen LogP contribution in [0.25, 0.3) is 0 Å². The van der Waals surface area contributed by atoms with Gasteiger partial charge in [-0.3, -0.25) is 4.79 Å². The Bertz CT molecular complexity index is 533. The molecule has 1 unspecified atom stereocenters. The van der Waals surface area contributed by atoms with E-state index in [1.54, 1.807) is 12.1 Å². The van der Waals surface area contributed by atoms with Gasteiger partial charge in [-0.25, -0.2) is 4.79 Å². The monoisotopic (exact) mass is 338 g/mol. The van der Waals surface area contributed by atoms with Crippen molar-refractivity contribution in [3.63, 3.8) is 0 Å². The molecule has 0 spiro atoms. The van der Waals surface area contributed by atoms with Crippen LogP contribution < -0.4 is 15.4 Å². The summed E-state index contributed by atoms with van der Waals surface area (Å²) in [4.78, 5) is 23.0. The Hall–Kier alpha value is -1.73. The van der Waals surface area contributed by atoms with E-state index in [2.05, 4.69) is 15.4 Å². The van der Waals surface area contributed by atoms with E-state index >= 15 is 0 Å². The standard InChI is InChI=1S/C16H22N2O4S/c1-21-16(20)10-22-14-4-2-3-12(7-14)9-18-15(19)8-13-11-23-6-5-17-13/h2-4,7,13,17H,5-6,8-11H2,1H3,(H,18,19). The van der Waals surface area contributed by atoms with Gasteiger partial charge >= 0.3 is 5.97 Å². The molecule has 2 rings (SSSR count). The molecule has 1 fully saturated rings. The fourth-order valence-corrected chi connectivity index (χ4v) is 3.14. The van der Waals surface area contributed by atoms with E-state index < -0.39 is 5.97 Å². The van der Waals surface area contributed by atoms with Crippen molar-refractivity contribution in [3.8, 4) is 5.75 Å². The van der Waals surface area contributed by atoms with Gasteiger partial charge in [0.25, 0.3) is 0 Å². The zero-order valence-corrected chi connectivity index (χ0v) is 14.0. The van der Waals surface area contributed by atoms with Crippen LogP contribution in [0.4, 0.5) is 0 Å². The number of rotatable bonds is 7. The van der Waals surface area contributed by atoms with E-state index in [9.17, 15) is 9.59 Å². The molecule has 126 valence electrons. The van der Waals surface area contributed by atoms with Crippen LogP contribution in [0.15, 0.2) is 24.3 Å². The third-order valence-corrected chi connectivity index (χ3v) is 4.53. The van der Waals surface area contributed by atoms with Gasteiger partial charge in [0.15, 0.2) is 6.61 Å². The van der Waals surface area contributed by atoms with E-state index in [0.717, 1.165) is 23.6 Å². The summed E-state index contributed by atoms with van der Waals surface area (Å²) in [6.07, 6.45) is 0.492. The Morgan fingerprint density at radius 2 is 2.30 bits per heavy atom. The Balaban J connectivity index is 1.76. The van der Waals surface area contributed by atoms with Gasteiger partial charge in [0.2, 0.25) is 5.91 Å². The summed E-state index contributed by atoms with van der Waals surface area (Å²) in [5.41, 5.74) is 0.923. The number of esters is 1. The normalized spacial score (nSPS) is 17.3. The molecule has 1 saturated heterocycles.